The number of carbonyl (C=O) groups excluding carboxylic acids is 1. The second-order valence-electron chi connectivity index (χ2n) is 5.43. The number of likely N-dealkylation sites (N-methyl/N-ethyl adjacent to an activating group) is 1. The molecule has 20 heavy (non-hydrogen) atoms. The van der Waals surface area contributed by atoms with Gasteiger partial charge in [0.05, 0.1) is 12.1 Å². The van der Waals surface area contributed by atoms with Crippen molar-refractivity contribution < 1.29 is 4.79 Å². The minimum absolute atomic E-state index is 0.159. The zero-order valence-electron chi connectivity index (χ0n) is 11.2. The first-order chi connectivity index (χ1) is 9.70. The number of rotatable bonds is 3. The molecule has 1 amide bonds. The van der Waals surface area contributed by atoms with Gasteiger partial charge in [-0.3, -0.25) is 4.79 Å². The van der Waals surface area contributed by atoms with Gasteiger partial charge in [-0.25, -0.2) is 4.98 Å². The number of benzene rings is 1. The van der Waals surface area contributed by atoms with Crippen LogP contribution in [0.15, 0.2) is 23.6 Å². The molecule has 1 aliphatic heterocycles. The van der Waals surface area contributed by atoms with Crippen LogP contribution in [0.25, 0.3) is 11.3 Å². The first-order valence-corrected chi connectivity index (χ1v) is 7.70. The van der Waals surface area contributed by atoms with Crippen molar-refractivity contribution in [3.8, 4) is 11.3 Å². The highest BCUT2D eigenvalue weighted by molar-refractivity contribution is 7.14. The maximum atomic E-state index is 11.7. The van der Waals surface area contributed by atoms with Gasteiger partial charge in [-0.2, -0.15) is 0 Å². The van der Waals surface area contributed by atoms with Gasteiger partial charge in [-0.1, -0.05) is 6.07 Å². The van der Waals surface area contributed by atoms with Gasteiger partial charge in [0.25, 0.3) is 0 Å². The molecule has 1 fully saturated rings. The molecule has 1 aromatic heterocycles. The summed E-state index contributed by atoms with van der Waals surface area (Å²) >= 11 is 1.65. The highest BCUT2D eigenvalue weighted by atomic mass is 32.1. The van der Waals surface area contributed by atoms with Crippen LogP contribution in [-0.2, 0) is 11.2 Å². The molecule has 2 heterocycles. The number of aromatic nitrogens is 1. The second kappa shape index (κ2) is 4.31. The largest absolute Gasteiger partial charge is 0.359 e. The average molecular weight is 285 g/mol. The van der Waals surface area contributed by atoms with Gasteiger partial charge in [-0.05, 0) is 30.5 Å². The third kappa shape index (κ3) is 1.98. The van der Waals surface area contributed by atoms with E-state index in [-0.39, 0.29) is 5.91 Å². The zero-order chi connectivity index (χ0) is 13.7. The van der Waals surface area contributed by atoms with Gasteiger partial charge in [0.2, 0.25) is 5.91 Å². The van der Waals surface area contributed by atoms with Crippen LogP contribution in [0.4, 0.5) is 10.8 Å². The van der Waals surface area contributed by atoms with Crippen LogP contribution in [-0.4, -0.2) is 24.0 Å². The molecule has 1 saturated carbocycles. The average Bonchev–Trinajstić information content (AvgIpc) is 3.05. The SMILES string of the molecule is CN1C(=O)Cc2cc(-c3csc(NC4CC4)n3)ccc21. The Morgan fingerprint density at radius 3 is 3.05 bits per heavy atom. The number of hydrogen-bond donors (Lipinski definition) is 1. The Morgan fingerprint density at radius 1 is 1.40 bits per heavy atom. The molecule has 102 valence electrons. The highest BCUT2D eigenvalue weighted by Crippen LogP contribution is 2.34. The number of nitrogens with zero attached hydrogens (tertiary/aromatic N) is 2. The summed E-state index contributed by atoms with van der Waals surface area (Å²) in [6, 6.07) is 6.78. The lowest BCUT2D eigenvalue weighted by Crippen LogP contribution is -2.20. The first-order valence-electron chi connectivity index (χ1n) is 6.82. The van der Waals surface area contributed by atoms with Crippen molar-refractivity contribution >= 4 is 28.1 Å². The molecule has 1 aliphatic carbocycles. The lowest BCUT2D eigenvalue weighted by Gasteiger charge is -2.09. The Morgan fingerprint density at radius 2 is 2.25 bits per heavy atom. The fourth-order valence-corrected chi connectivity index (χ4v) is 3.30. The summed E-state index contributed by atoms with van der Waals surface area (Å²) in [5.74, 6) is 0.159. The van der Waals surface area contributed by atoms with Gasteiger partial charge >= 0.3 is 0 Å². The zero-order valence-corrected chi connectivity index (χ0v) is 12.0. The number of hydrogen-bond acceptors (Lipinski definition) is 4. The predicted molar refractivity (Wildman–Crippen MR) is 81.3 cm³/mol. The molecule has 0 saturated heterocycles. The topological polar surface area (TPSA) is 45.2 Å². The van der Waals surface area contributed by atoms with E-state index in [9.17, 15) is 4.79 Å². The summed E-state index contributed by atoms with van der Waals surface area (Å²) in [5.41, 5.74) is 4.19. The molecule has 1 N–H and O–H groups in total. The number of nitrogens with one attached hydrogen (secondary N) is 1. The molecule has 4 rings (SSSR count). The Bertz CT molecular complexity index is 690. The third-order valence-corrected chi connectivity index (χ3v) is 4.64. The summed E-state index contributed by atoms with van der Waals surface area (Å²) < 4.78 is 0. The molecule has 0 unspecified atom stereocenters. The first kappa shape index (κ1) is 11.9. The Hall–Kier alpha value is -1.88. The van der Waals surface area contributed by atoms with Crippen LogP contribution in [0, 0.1) is 0 Å². The van der Waals surface area contributed by atoms with E-state index in [1.54, 1.807) is 16.2 Å². The molecule has 0 radical (unpaired) electrons. The van der Waals surface area contributed by atoms with E-state index in [1.165, 1.54) is 12.8 Å². The van der Waals surface area contributed by atoms with E-state index in [0.717, 1.165) is 27.6 Å². The van der Waals surface area contributed by atoms with Crippen LogP contribution in [0.2, 0.25) is 0 Å². The van der Waals surface area contributed by atoms with Crippen molar-refractivity contribution in [1.82, 2.24) is 4.98 Å². The Kier molecular flexibility index (Phi) is 2.57. The molecule has 5 heteroatoms. The molecule has 2 aliphatic rings. The minimum atomic E-state index is 0.159. The van der Waals surface area contributed by atoms with Crippen molar-refractivity contribution in [3.05, 3.63) is 29.1 Å². The maximum Gasteiger partial charge on any atom is 0.231 e. The van der Waals surface area contributed by atoms with Crippen LogP contribution in [0.3, 0.4) is 0 Å². The van der Waals surface area contributed by atoms with E-state index < -0.39 is 0 Å². The van der Waals surface area contributed by atoms with E-state index >= 15 is 0 Å². The van der Waals surface area contributed by atoms with Crippen molar-refractivity contribution in [3.63, 3.8) is 0 Å². The van der Waals surface area contributed by atoms with Gasteiger partial charge in [0, 0.05) is 29.7 Å². The Balaban J connectivity index is 1.64. The number of carbonyl (C=O) groups is 1. The van der Waals surface area contributed by atoms with E-state index in [4.69, 9.17) is 0 Å². The summed E-state index contributed by atoms with van der Waals surface area (Å²) in [6.07, 6.45) is 3.00. The van der Waals surface area contributed by atoms with Gasteiger partial charge in [-0.15, -0.1) is 11.3 Å². The quantitative estimate of drug-likeness (QED) is 0.943. The highest BCUT2D eigenvalue weighted by Gasteiger charge is 2.25. The smallest absolute Gasteiger partial charge is 0.231 e. The van der Waals surface area contributed by atoms with Crippen molar-refractivity contribution in [2.24, 2.45) is 0 Å². The second-order valence-corrected chi connectivity index (χ2v) is 6.29. The van der Waals surface area contributed by atoms with E-state index in [1.807, 2.05) is 19.2 Å². The summed E-state index contributed by atoms with van der Waals surface area (Å²) in [7, 11) is 1.83. The van der Waals surface area contributed by atoms with Crippen LogP contribution in [0.1, 0.15) is 18.4 Å². The summed E-state index contributed by atoms with van der Waals surface area (Å²) in [6.45, 7) is 0. The van der Waals surface area contributed by atoms with Crippen LogP contribution >= 0.6 is 11.3 Å². The molecule has 0 bridgehead atoms. The summed E-state index contributed by atoms with van der Waals surface area (Å²) in [4.78, 5) is 18.1. The molecule has 0 atom stereocenters. The number of anilines is 2. The normalized spacial score (nSPS) is 17.4. The lowest BCUT2D eigenvalue weighted by atomic mass is 10.1. The van der Waals surface area contributed by atoms with Gasteiger partial charge in [0.15, 0.2) is 5.13 Å². The molecule has 1 aromatic carbocycles. The monoisotopic (exact) mass is 285 g/mol. The van der Waals surface area contributed by atoms with Crippen LogP contribution < -0.4 is 10.2 Å². The fourth-order valence-electron chi connectivity index (χ4n) is 2.50. The van der Waals surface area contributed by atoms with E-state index in [2.05, 4.69) is 21.7 Å². The third-order valence-electron chi connectivity index (χ3n) is 3.86. The summed E-state index contributed by atoms with van der Waals surface area (Å²) in [5, 5.41) is 6.49. The van der Waals surface area contributed by atoms with Crippen molar-refractivity contribution in [2.75, 3.05) is 17.3 Å². The maximum absolute atomic E-state index is 11.7. The van der Waals surface area contributed by atoms with E-state index in [0.29, 0.717) is 12.5 Å². The number of thiazole rings is 1. The van der Waals surface area contributed by atoms with Crippen LogP contribution in [0.5, 0.6) is 0 Å². The molecule has 0 spiro atoms. The van der Waals surface area contributed by atoms with Gasteiger partial charge in [0.1, 0.15) is 0 Å². The molecule has 2 aromatic rings. The predicted octanol–water partition coefficient (Wildman–Crippen LogP) is 2.90. The lowest BCUT2D eigenvalue weighted by molar-refractivity contribution is -0.117. The fraction of sp³-hybridized carbons (Fsp3) is 0.333. The van der Waals surface area contributed by atoms with Crippen molar-refractivity contribution in [1.29, 1.82) is 0 Å². The number of fused-ring (bicyclic) bond motifs is 1. The minimum Gasteiger partial charge on any atom is -0.359 e. The molecular weight excluding hydrogens is 270 g/mol. The molecular formula is C15H15N3OS. The Labute approximate surface area is 121 Å². The standard InChI is InChI=1S/C15H15N3OS/c1-18-13-5-2-9(6-10(13)7-14(18)19)12-8-20-15(17-12)16-11-3-4-11/h2,5-6,8,11H,3-4,7H2,1H3,(H,16,17). The van der Waals surface area contributed by atoms with Crippen molar-refractivity contribution in [2.45, 2.75) is 25.3 Å². The van der Waals surface area contributed by atoms with Gasteiger partial charge < -0.3 is 10.2 Å². The number of amides is 1. The molecule has 4 nitrogen and oxygen atoms in total.